The van der Waals surface area contributed by atoms with Gasteiger partial charge in [-0.05, 0) is 75.5 Å². The van der Waals surface area contributed by atoms with Gasteiger partial charge in [-0.2, -0.15) is 0 Å². The number of carbonyl (C=O) groups excluding carboxylic acids is 1. The van der Waals surface area contributed by atoms with Crippen LogP contribution in [0.4, 0.5) is 0 Å². The number of carbonyl (C=O) groups is 1. The molecule has 3 rings (SSSR count). The Hall–Kier alpha value is -2.40. The van der Waals surface area contributed by atoms with Crippen LogP contribution in [0.2, 0.25) is 0 Å². The van der Waals surface area contributed by atoms with Crippen LogP contribution in [0, 0.1) is 20.8 Å². The van der Waals surface area contributed by atoms with E-state index in [1.54, 1.807) is 0 Å². The minimum absolute atomic E-state index is 0.138. The van der Waals surface area contributed by atoms with Gasteiger partial charge in [0.05, 0.1) is 0 Å². The van der Waals surface area contributed by atoms with Crippen LogP contribution in [0.25, 0.3) is 0 Å². The molecule has 0 spiro atoms. The highest BCUT2D eigenvalue weighted by Crippen LogP contribution is 2.16. The van der Waals surface area contributed by atoms with Gasteiger partial charge in [0.15, 0.2) is 0 Å². The van der Waals surface area contributed by atoms with Crippen LogP contribution >= 0.6 is 0 Å². The Bertz CT molecular complexity index is 880. The molecular weight excluding hydrogens is 338 g/mol. The van der Waals surface area contributed by atoms with Crippen molar-refractivity contribution in [2.45, 2.75) is 53.1 Å². The largest absolute Gasteiger partial charge is 0.348 e. The van der Waals surface area contributed by atoms with E-state index in [0.29, 0.717) is 11.1 Å². The van der Waals surface area contributed by atoms with Gasteiger partial charge in [-0.1, -0.05) is 18.6 Å². The van der Waals surface area contributed by atoms with E-state index in [1.807, 2.05) is 39.0 Å². The van der Waals surface area contributed by atoms with Crippen molar-refractivity contribution in [1.82, 2.24) is 15.2 Å². The average Bonchev–Trinajstić information content (AvgIpc) is 2.61. The molecule has 144 valence electrons. The molecule has 0 aliphatic carbocycles. The predicted molar refractivity (Wildman–Crippen MR) is 108 cm³/mol. The minimum Gasteiger partial charge on any atom is -0.348 e. The predicted octanol–water partition coefficient (Wildman–Crippen LogP) is 3.22. The Kier molecular flexibility index (Phi) is 6.11. The maximum atomic E-state index is 12.6. The van der Waals surface area contributed by atoms with E-state index in [1.165, 1.54) is 24.8 Å². The van der Waals surface area contributed by atoms with Gasteiger partial charge < -0.3 is 10.3 Å². The van der Waals surface area contributed by atoms with E-state index in [2.05, 4.69) is 21.3 Å². The number of nitrogens with zero attached hydrogens (tertiary/aromatic N) is 1. The molecule has 2 heterocycles. The van der Waals surface area contributed by atoms with Gasteiger partial charge in [-0.15, -0.1) is 0 Å². The number of hydrogen-bond donors (Lipinski definition) is 2. The lowest BCUT2D eigenvalue weighted by Gasteiger charge is -2.26. The zero-order valence-electron chi connectivity index (χ0n) is 16.5. The lowest BCUT2D eigenvalue weighted by Crippen LogP contribution is -2.29. The monoisotopic (exact) mass is 367 g/mol. The highest BCUT2D eigenvalue weighted by atomic mass is 16.1. The molecule has 0 atom stereocenters. The molecule has 0 saturated carbocycles. The average molecular weight is 367 g/mol. The van der Waals surface area contributed by atoms with Crippen LogP contribution in [0.5, 0.6) is 0 Å². The van der Waals surface area contributed by atoms with Crippen molar-refractivity contribution in [3.8, 4) is 0 Å². The second kappa shape index (κ2) is 8.53. The van der Waals surface area contributed by atoms with Crippen molar-refractivity contribution < 1.29 is 4.79 Å². The molecule has 27 heavy (non-hydrogen) atoms. The van der Waals surface area contributed by atoms with E-state index in [-0.39, 0.29) is 18.0 Å². The molecule has 5 nitrogen and oxygen atoms in total. The summed E-state index contributed by atoms with van der Waals surface area (Å²) in [7, 11) is 0. The molecule has 1 aromatic heterocycles. The maximum absolute atomic E-state index is 12.6. The van der Waals surface area contributed by atoms with Crippen molar-refractivity contribution in [2.24, 2.45) is 0 Å². The van der Waals surface area contributed by atoms with Gasteiger partial charge in [0.1, 0.15) is 0 Å². The topological polar surface area (TPSA) is 65.2 Å². The van der Waals surface area contributed by atoms with Crippen molar-refractivity contribution in [3.63, 3.8) is 0 Å². The zero-order chi connectivity index (χ0) is 19.4. The van der Waals surface area contributed by atoms with Gasteiger partial charge in [0.2, 0.25) is 0 Å². The summed E-state index contributed by atoms with van der Waals surface area (Å²) in [6, 6.07) is 7.97. The number of aryl methyl sites for hydroxylation is 3. The third-order valence-electron chi connectivity index (χ3n) is 5.31. The summed E-state index contributed by atoms with van der Waals surface area (Å²) >= 11 is 0. The molecule has 1 aliphatic rings. The lowest BCUT2D eigenvalue weighted by molar-refractivity contribution is 0.0950. The quantitative estimate of drug-likeness (QED) is 0.853. The Morgan fingerprint density at radius 3 is 2.48 bits per heavy atom. The fourth-order valence-corrected chi connectivity index (χ4v) is 3.82. The number of rotatable bonds is 5. The third-order valence-corrected chi connectivity index (χ3v) is 5.31. The van der Waals surface area contributed by atoms with Crippen LogP contribution in [-0.4, -0.2) is 28.9 Å². The van der Waals surface area contributed by atoms with E-state index in [4.69, 9.17) is 0 Å². The second-order valence-electron chi connectivity index (χ2n) is 7.61. The smallest absolute Gasteiger partial charge is 0.253 e. The van der Waals surface area contributed by atoms with Gasteiger partial charge in [-0.3, -0.25) is 14.5 Å². The maximum Gasteiger partial charge on any atom is 0.253 e. The van der Waals surface area contributed by atoms with Crippen LogP contribution in [0.1, 0.15) is 57.6 Å². The number of likely N-dealkylation sites (tertiary alicyclic amines) is 1. The first-order chi connectivity index (χ1) is 12.9. The first kappa shape index (κ1) is 19.4. The van der Waals surface area contributed by atoms with Crippen molar-refractivity contribution in [3.05, 3.63) is 68.1 Å². The number of aromatic nitrogens is 1. The zero-order valence-corrected chi connectivity index (χ0v) is 16.5. The number of pyridine rings is 1. The van der Waals surface area contributed by atoms with Crippen molar-refractivity contribution in [2.75, 3.05) is 13.1 Å². The molecule has 1 fully saturated rings. The first-order valence-electron chi connectivity index (χ1n) is 9.73. The van der Waals surface area contributed by atoms with E-state index in [9.17, 15) is 9.59 Å². The molecule has 1 saturated heterocycles. The summed E-state index contributed by atoms with van der Waals surface area (Å²) in [4.78, 5) is 30.0. The van der Waals surface area contributed by atoms with E-state index >= 15 is 0 Å². The molecular formula is C22H29N3O2. The summed E-state index contributed by atoms with van der Waals surface area (Å²) in [5.41, 5.74) is 5.07. The van der Waals surface area contributed by atoms with Crippen LogP contribution < -0.4 is 10.9 Å². The molecule has 1 aromatic carbocycles. The van der Waals surface area contributed by atoms with Gasteiger partial charge in [0.25, 0.3) is 11.5 Å². The molecule has 5 heteroatoms. The Balaban J connectivity index is 1.65. The van der Waals surface area contributed by atoms with E-state index in [0.717, 1.165) is 36.5 Å². The third kappa shape index (κ3) is 4.86. The molecule has 0 unspecified atom stereocenters. The Morgan fingerprint density at radius 2 is 1.81 bits per heavy atom. The summed E-state index contributed by atoms with van der Waals surface area (Å²) in [5, 5.41) is 2.89. The molecule has 1 aliphatic heterocycles. The number of piperidine rings is 1. The normalized spacial score (nSPS) is 14.9. The number of amides is 1. The molecule has 0 radical (unpaired) electrons. The number of aromatic amines is 1. The number of hydrogen-bond acceptors (Lipinski definition) is 3. The summed E-state index contributed by atoms with van der Waals surface area (Å²) in [6.45, 7) is 9.21. The van der Waals surface area contributed by atoms with Gasteiger partial charge >= 0.3 is 0 Å². The molecule has 2 aromatic rings. The van der Waals surface area contributed by atoms with Crippen LogP contribution in [0.15, 0.2) is 29.1 Å². The van der Waals surface area contributed by atoms with Gasteiger partial charge in [0, 0.05) is 29.9 Å². The highest BCUT2D eigenvalue weighted by molar-refractivity contribution is 5.95. The molecule has 1 amide bonds. The van der Waals surface area contributed by atoms with Crippen LogP contribution in [-0.2, 0) is 13.1 Å². The fraction of sp³-hybridized carbons (Fsp3) is 0.455. The fourth-order valence-electron chi connectivity index (χ4n) is 3.82. The first-order valence-corrected chi connectivity index (χ1v) is 9.73. The van der Waals surface area contributed by atoms with Crippen molar-refractivity contribution in [1.29, 1.82) is 0 Å². The van der Waals surface area contributed by atoms with Crippen LogP contribution in [0.3, 0.4) is 0 Å². The SMILES string of the molecule is Cc1cc(C)c(CNC(=O)c2ccc(CN3CCCCC3)cc2C)c(=O)[nH]1. The standard InChI is InChI=1S/C22H29N3O2/c1-15-11-17(3)24-22(27)20(15)13-23-21(26)19-8-7-18(12-16(19)2)14-25-9-5-4-6-10-25/h7-8,11-12H,4-6,9-10,13-14H2,1-3H3,(H,23,26)(H,24,27). The van der Waals surface area contributed by atoms with E-state index < -0.39 is 0 Å². The number of nitrogens with one attached hydrogen (secondary N) is 2. The number of benzene rings is 1. The summed E-state index contributed by atoms with van der Waals surface area (Å²) in [5.74, 6) is -0.142. The number of H-pyrrole nitrogens is 1. The summed E-state index contributed by atoms with van der Waals surface area (Å²) in [6.07, 6.45) is 3.88. The Morgan fingerprint density at radius 1 is 1.07 bits per heavy atom. The van der Waals surface area contributed by atoms with Crippen molar-refractivity contribution >= 4 is 5.91 Å². The highest BCUT2D eigenvalue weighted by Gasteiger charge is 2.14. The Labute approximate surface area is 160 Å². The minimum atomic E-state index is -0.142. The lowest BCUT2D eigenvalue weighted by atomic mass is 10.0. The molecule has 2 N–H and O–H groups in total. The van der Waals surface area contributed by atoms with Gasteiger partial charge in [-0.25, -0.2) is 0 Å². The second-order valence-corrected chi connectivity index (χ2v) is 7.61. The molecule has 0 bridgehead atoms. The summed E-state index contributed by atoms with van der Waals surface area (Å²) < 4.78 is 0.